The molecule has 2 heterocycles. The number of sulfone groups is 1. The summed E-state index contributed by atoms with van der Waals surface area (Å²) in [7, 11) is -3.33. The smallest absolute Gasteiger partial charge is 0.211 e. The van der Waals surface area contributed by atoms with Crippen LogP contribution in [0.4, 0.5) is 0 Å². The highest BCUT2D eigenvalue weighted by atomic mass is 32.2. The van der Waals surface area contributed by atoms with E-state index in [0.29, 0.717) is 5.65 Å². The van der Waals surface area contributed by atoms with Crippen LogP contribution in [-0.2, 0) is 9.84 Å². The van der Waals surface area contributed by atoms with Gasteiger partial charge in [-0.05, 0) is 24.0 Å². The molecule has 2 rings (SSSR count). The highest BCUT2D eigenvalue weighted by molar-refractivity contribution is 7.93. The number of hydrogen-bond acceptors (Lipinski definition) is 5. The SMILES string of the molecule is Cc1cnc2nc(S(=O)(=O)CC(C)(C)C)sc2c1. The van der Waals surface area contributed by atoms with Crippen molar-refractivity contribution in [3.63, 3.8) is 0 Å². The molecular weight excluding hydrogens is 268 g/mol. The molecule has 0 unspecified atom stereocenters. The Morgan fingerprint density at radius 3 is 2.61 bits per heavy atom. The van der Waals surface area contributed by atoms with Crippen LogP contribution in [0.25, 0.3) is 10.3 Å². The predicted octanol–water partition coefficient (Wildman–Crippen LogP) is 2.82. The Bertz CT molecular complexity index is 682. The quantitative estimate of drug-likeness (QED) is 0.851. The lowest BCUT2D eigenvalue weighted by atomic mass is 10.0. The number of hydrogen-bond donors (Lipinski definition) is 0. The van der Waals surface area contributed by atoms with E-state index in [2.05, 4.69) is 9.97 Å². The first-order valence-electron chi connectivity index (χ1n) is 5.63. The first-order valence-corrected chi connectivity index (χ1v) is 8.10. The van der Waals surface area contributed by atoms with Crippen LogP contribution in [0.5, 0.6) is 0 Å². The second-order valence-corrected chi connectivity index (χ2v) is 8.83. The average Bonchev–Trinajstić information content (AvgIpc) is 2.57. The van der Waals surface area contributed by atoms with E-state index in [-0.39, 0.29) is 15.5 Å². The van der Waals surface area contributed by atoms with E-state index < -0.39 is 9.84 Å². The molecule has 4 nitrogen and oxygen atoms in total. The van der Waals surface area contributed by atoms with Crippen molar-refractivity contribution >= 4 is 31.5 Å². The molecule has 0 bridgehead atoms. The van der Waals surface area contributed by atoms with Crippen molar-refractivity contribution in [2.45, 2.75) is 32.0 Å². The molecule has 2 aromatic heterocycles. The molecular formula is C12H16N2O2S2. The Balaban J connectivity index is 2.48. The Kier molecular flexibility index (Phi) is 3.19. The molecule has 0 saturated carbocycles. The van der Waals surface area contributed by atoms with Gasteiger partial charge in [-0.2, -0.15) is 0 Å². The Morgan fingerprint density at radius 1 is 1.33 bits per heavy atom. The van der Waals surface area contributed by atoms with Crippen LogP contribution in [0.1, 0.15) is 26.3 Å². The van der Waals surface area contributed by atoms with Gasteiger partial charge in [-0.15, -0.1) is 11.3 Å². The standard InChI is InChI=1S/C12H16N2O2S2/c1-8-5-9-10(13-6-8)14-11(17-9)18(15,16)7-12(2,3)4/h5-6H,7H2,1-4H3. The lowest BCUT2D eigenvalue weighted by Crippen LogP contribution is -2.20. The molecule has 0 N–H and O–H groups in total. The largest absolute Gasteiger partial charge is 0.236 e. The fraction of sp³-hybridized carbons (Fsp3) is 0.500. The topological polar surface area (TPSA) is 59.9 Å². The highest BCUT2D eigenvalue weighted by Gasteiger charge is 2.26. The van der Waals surface area contributed by atoms with E-state index in [9.17, 15) is 8.42 Å². The summed E-state index contributed by atoms with van der Waals surface area (Å²) in [4.78, 5) is 8.28. The Labute approximate surface area is 111 Å². The third kappa shape index (κ3) is 2.87. The predicted molar refractivity (Wildman–Crippen MR) is 73.7 cm³/mol. The van der Waals surface area contributed by atoms with E-state index in [1.165, 1.54) is 11.3 Å². The van der Waals surface area contributed by atoms with Crippen LogP contribution in [-0.4, -0.2) is 24.1 Å². The minimum Gasteiger partial charge on any atom is -0.236 e. The zero-order valence-electron chi connectivity index (χ0n) is 10.9. The maximum Gasteiger partial charge on any atom is 0.211 e. The zero-order chi connectivity index (χ0) is 13.6. The zero-order valence-corrected chi connectivity index (χ0v) is 12.5. The van der Waals surface area contributed by atoms with E-state index in [1.54, 1.807) is 6.20 Å². The van der Waals surface area contributed by atoms with Crippen molar-refractivity contribution in [1.29, 1.82) is 0 Å². The third-order valence-electron chi connectivity index (χ3n) is 2.25. The van der Waals surface area contributed by atoms with Crippen LogP contribution in [0.2, 0.25) is 0 Å². The first kappa shape index (κ1) is 13.4. The fourth-order valence-corrected chi connectivity index (χ4v) is 4.86. The maximum absolute atomic E-state index is 12.2. The molecule has 6 heteroatoms. The van der Waals surface area contributed by atoms with Crippen LogP contribution in [0.3, 0.4) is 0 Å². The summed E-state index contributed by atoms with van der Waals surface area (Å²) >= 11 is 1.20. The van der Waals surface area contributed by atoms with Gasteiger partial charge in [-0.3, -0.25) is 0 Å². The van der Waals surface area contributed by atoms with Gasteiger partial charge in [0.15, 0.2) is 5.65 Å². The molecule has 0 aliphatic carbocycles. The highest BCUT2D eigenvalue weighted by Crippen LogP contribution is 2.28. The molecule has 0 radical (unpaired) electrons. The van der Waals surface area contributed by atoms with E-state index >= 15 is 0 Å². The maximum atomic E-state index is 12.2. The van der Waals surface area contributed by atoms with Gasteiger partial charge >= 0.3 is 0 Å². The third-order valence-corrected chi connectivity index (χ3v) is 5.92. The summed E-state index contributed by atoms with van der Waals surface area (Å²) < 4.78 is 25.4. The summed E-state index contributed by atoms with van der Waals surface area (Å²) in [6.07, 6.45) is 1.70. The van der Waals surface area contributed by atoms with Crippen LogP contribution in [0, 0.1) is 12.3 Å². The molecule has 0 saturated heterocycles. The molecule has 0 spiro atoms. The van der Waals surface area contributed by atoms with Gasteiger partial charge in [-0.1, -0.05) is 20.8 Å². The molecule has 0 fully saturated rings. The normalized spacial score (nSPS) is 13.1. The lowest BCUT2D eigenvalue weighted by Gasteiger charge is -2.16. The van der Waals surface area contributed by atoms with Crippen LogP contribution in [0.15, 0.2) is 16.6 Å². The van der Waals surface area contributed by atoms with Gasteiger partial charge in [0, 0.05) is 6.20 Å². The second-order valence-electron chi connectivity index (χ2n) is 5.63. The molecule has 0 aliphatic rings. The van der Waals surface area contributed by atoms with E-state index in [1.807, 2.05) is 33.8 Å². The fourth-order valence-electron chi connectivity index (χ4n) is 1.66. The van der Waals surface area contributed by atoms with Gasteiger partial charge in [0.25, 0.3) is 0 Å². The van der Waals surface area contributed by atoms with Crippen molar-refractivity contribution in [3.8, 4) is 0 Å². The lowest BCUT2D eigenvalue weighted by molar-refractivity contribution is 0.461. The number of aryl methyl sites for hydroxylation is 1. The minimum absolute atomic E-state index is 0.0960. The molecule has 0 aromatic carbocycles. The van der Waals surface area contributed by atoms with Gasteiger partial charge in [0.2, 0.25) is 14.2 Å². The van der Waals surface area contributed by atoms with E-state index in [4.69, 9.17) is 0 Å². The van der Waals surface area contributed by atoms with Crippen LogP contribution >= 0.6 is 11.3 Å². The van der Waals surface area contributed by atoms with Gasteiger partial charge < -0.3 is 0 Å². The average molecular weight is 284 g/mol. The van der Waals surface area contributed by atoms with Crippen LogP contribution < -0.4 is 0 Å². The van der Waals surface area contributed by atoms with Crippen molar-refractivity contribution < 1.29 is 8.42 Å². The molecule has 98 valence electrons. The van der Waals surface area contributed by atoms with Crippen molar-refractivity contribution in [2.24, 2.45) is 5.41 Å². The summed E-state index contributed by atoms with van der Waals surface area (Å²) in [6, 6.07) is 1.91. The molecule has 2 aromatic rings. The number of aromatic nitrogens is 2. The number of thiazole rings is 1. The van der Waals surface area contributed by atoms with Crippen molar-refractivity contribution in [3.05, 3.63) is 17.8 Å². The first-order chi connectivity index (χ1) is 8.17. The van der Waals surface area contributed by atoms with E-state index in [0.717, 1.165) is 10.3 Å². The van der Waals surface area contributed by atoms with Crippen molar-refractivity contribution in [1.82, 2.24) is 9.97 Å². The summed E-state index contributed by atoms with van der Waals surface area (Å²) in [5, 5.41) is 0. The number of nitrogens with zero attached hydrogens (tertiary/aromatic N) is 2. The monoisotopic (exact) mass is 284 g/mol. The second kappa shape index (κ2) is 4.28. The number of rotatable bonds is 2. The molecule has 0 aliphatic heterocycles. The molecule has 18 heavy (non-hydrogen) atoms. The Hall–Kier alpha value is -1.01. The van der Waals surface area contributed by atoms with Gasteiger partial charge in [0.05, 0.1) is 10.5 Å². The summed E-state index contributed by atoms with van der Waals surface area (Å²) in [6.45, 7) is 7.64. The minimum atomic E-state index is -3.33. The summed E-state index contributed by atoms with van der Waals surface area (Å²) in [5.74, 6) is 0.0960. The summed E-state index contributed by atoms with van der Waals surface area (Å²) in [5.41, 5.74) is 1.24. The molecule has 0 atom stereocenters. The number of fused-ring (bicyclic) bond motifs is 1. The number of pyridine rings is 1. The van der Waals surface area contributed by atoms with Gasteiger partial charge in [-0.25, -0.2) is 18.4 Å². The van der Waals surface area contributed by atoms with Gasteiger partial charge in [0.1, 0.15) is 0 Å². The van der Waals surface area contributed by atoms with Crippen molar-refractivity contribution in [2.75, 3.05) is 5.75 Å². The Morgan fingerprint density at radius 2 is 2.00 bits per heavy atom. The molecule has 0 amide bonds.